The fourth-order valence-electron chi connectivity index (χ4n) is 2.26. The van der Waals surface area contributed by atoms with E-state index in [1.165, 1.54) is 30.6 Å². The van der Waals surface area contributed by atoms with Gasteiger partial charge in [-0.05, 0) is 48.9 Å². The van der Waals surface area contributed by atoms with Gasteiger partial charge in [-0.2, -0.15) is 11.8 Å². The first kappa shape index (κ1) is 11.0. The van der Waals surface area contributed by atoms with Gasteiger partial charge in [0.25, 0.3) is 0 Å². The molecule has 0 spiro atoms. The molecule has 1 aromatic carbocycles. The number of aryl methyl sites for hydroxylation is 1. The molecule has 0 bridgehead atoms. The first-order chi connectivity index (χ1) is 7.42. The summed E-state index contributed by atoms with van der Waals surface area (Å²) in [5.74, 6) is 1.27. The molecule has 1 nitrogen and oxygen atoms in total. The third-order valence-corrected chi connectivity index (χ3v) is 3.75. The molecular formula is C13H19NS. The Labute approximate surface area is 96.7 Å². The number of thioether (sulfide) groups is 1. The molecule has 1 aliphatic carbocycles. The van der Waals surface area contributed by atoms with Crippen LogP contribution in [0.1, 0.15) is 30.0 Å². The second kappa shape index (κ2) is 5.57. The summed E-state index contributed by atoms with van der Waals surface area (Å²) in [5.41, 5.74) is 3.07. The number of fused-ring (bicyclic) bond motifs is 1. The van der Waals surface area contributed by atoms with Crippen LogP contribution in [0.2, 0.25) is 0 Å². The highest BCUT2D eigenvalue weighted by Crippen LogP contribution is 2.30. The standard InChI is InChI=1S/C13H19NS/c1-15-10-4-9-14-13-8-7-11-5-2-3-6-12(11)13/h2-3,5-6,13-14H,4,7-10H2,1H3. The average molecular weight is 221 g/mol. The van der Waals surface area contributed by atoms with Crippen molar-refractivity contribution in [3.05, 3.63) is 35.4 Å². The van der Waals surface area contributed by atoms with Crippen LogP contribution in [0.5, 0.6) is 0 Å². The zero-order valence-corrected chi connectivity index (χ0v) is 10.1. The molecule has 1 unspecified atom stereocenters. The molecule has 0 amide bonds. The second-order valence-electron chi connectivity index (χ2n) is 4.09. The quantitative estimate of drug-likeness (QED) is 0.767. The zero-order chi connectivity index (χ0) is 10.5. The van der Waals surface area contributed by atoms with E-state index in [0.29, 0.717) is 6.04 Å². The van der Waals surface area contributed by atoms with Crippen molar-refractivity contribution >= 4 is 11.8 Å². The van der Waals surface area contributed by atoms with Gasteiger partial charge in [-0.1, -0.05) is 24.3 Å². The van der Waals surface area contributed by atoms with Crippen LogP contribution in [-0.2, 0) is 6.42 Å². The number of hydrogen-bond donors (Lipinski definition) is 1. The van der Waals surface area contributed by atoms with E-state index < -0.39 is 0 Å². The third-order valence-electron chi connectivity index (χ3n) is 3.05. The summed E-state index contributed by atoms with van der Waals surface area (Å²) in [6.07, 6.45) is 5.97. The number of nitrogens with one attached hydrogen (secondary N) is 1. The molecule has 1 atom stereocenters. The number of benzene rings is 1. The molecule has 2 rings (SSSR count). The Balaban J connectivity index is 1.85. The predicted molar refractivity (Wildman–Crippen MR) is 68.5 cm³/mol. The Morgan fingerprint density at radius 2 is 2.27 bits per heavy atom. The van der Waals surface area contributed by atoms with E-state index in [-0.39, 0.29) is 0 Å². The van der Waals surface area contributed by atoms with E-state index in [4.69, 9.17) is 0 Å². The Bertz CT molecular complexity index is 311. The van der Waals surface area contributed by atoms with Crippen molar-refractivity contribution in [3.8, 4) is 0 Å². The normalized spacial score (nSPS) is 19.1. The summed E-state index contributed by atoms with van der Waals surface area (Å²) in [4.78, 5) is 0. The molecule has 0 fully saturated rings. The van der Waals surface area contributed by atoms with Crippen molar-refractivity contribution in [3.63, 3.8) is 0 Å². The molecule has 1 aliphatic rings. The number of rotatable bonds is 5. The Kier molecular flexibility index (Phi) is 4.09. The molecule has 0 aromatic heterocycles. The summed E-state index contributed by atoms with van der Waals surface area (Å²) in [7, 11) is 0. The van der Waals surface area contributed by atoms with Gasteiger partial charge in [0.1, 0.15) is 0 Å². The van der Waals surface area contributed by atoms with Crippen LogP contribution in [0.15, 0.2) is 24.3 Å². The summed E-state index contributed by atoms with van der Waals surface area (Å²) < 4.78 is 0. The van der Waals surface area contributed by atoms with E-state index in [1.807, 2.05) is 11.8 Å². The molecule has 0 radical (unpaired) electrons. The van der Waals surface area contributed by atoms with Gasteiger partial charge in [-0.15, -0.1) is 0 Å². The van der Waals surface area contributed by atoms with E-state index in [2.05, 4.69) is 35.8 Å². The molecule has 0 aliphatic heterocycles. The average Bonchev–Trinajstić information content (AvgIpc) is 2.68. The maximum atomic E-state index is 3.66. The fraction of sp³-hybridized carbons (Fsp3) is 0.538. The van der Waals surface area contributed by atoms with Gasteiger partial charge in [0, 0.05) is 6.04 Å². The lowest BCUT2D eigenvalue weighted by molar-refractivity contribution is 0.530. The third kappa shape index (κ3) is 2.76. The van der Waals surface area contributed by atoms with Crippen molar-refractivity contribution in [1.82, 2.24) is 5.32 Å². The molecule has 1 N–H and O–H groups in total. The van der Waals surface area contributed by atoms with Crippen LogP contribution in [0, 0.1) is 0 Å². The van der Waals surface area contributed by atoms with Crippen LogP contribution in [-0.4, -0.2) is 18.6 Å². The second-order valence-corrected chi connectivity index (χ2v) is 5.08. The Morgan fingerprint density at radius 1 is 1.40 bits per heavy atom. The van der Waals surface area contributed by atoms with Crippen molar-refractivity contribution in [2.45, 2.75) is 25.3 Å². The van der Waals surface area contributed by atoms with Crippen LogP contribution in [0.3, 0.4) is 0 Å². The Morgan fingerprint density at radius 3 is 3.13 bits per heavy atom. The zero-order valence-electron chi connectivity index (χ0n) is 9.33. The summed E-state index contributed by atoms with van der Waals surface area (Å²) in [6, 6.07) is 9.45. The van der Waals surface area contributed by atoms with Crippen LogP contribution < -0.4 is 5.32 Å². The van der Waals surface area contributed by atoms with E-state index >= 15 is 0 Å². The van der Waals surface area contributed by atoms with Gasteiger partial charge in [0.05, 0.1) is 0 Å². The monoisotopic (exact) mass is 221 g/mol. The summed E-state index contributed by atoms with van der Waals surface area (Å²) in [6.45, 7) is 1.15. The van der Waals surface area contributed by atoms with Crippen molar-refractivity contribution in [2.75, 3.05) is 18.6 Å². The minimum absolute atomic E-state index is 0.614. The molecule has 0 saturated heterocycles. The van der Waals surface area contributed by atoms with Crippen molar-refractivity contribution < 1.29 is 0 Å². The largest absolute Gasteiger partial charge is 0.310 e. The van der Waals surface area contributed by atoms with Gasteiger partial charge in [-0.25, -0.2) is 0 Å². The molecule has 15 heavy (non-hydrogen) atoms. The highest BCUT2D eigenvalue weighted by molar-refractivity contribution is 7.98. The highest BCUT2D eigenvalue weighted by Gasteiger charge is 2.20. The first-order valence-corrected chi connectivity index (χ1v) is 7.11. The van der Waals surface area contributed by atoms with Crippen molar-refractivity contribution in [1.29, 1.82) is 0 Å². The number of hydrogen-bond acceptors (Lipinski definition) is 2. The molecule has 0 saturated carbocycles. The van der Waals surface area contributed by atoms with Gasteiger partial charge in [0.2, 0.25) is 0 Å². The maximum absolute atomic E-state index is 3.66. The molecular weight excluding hydrogens is 202 g/mol. The molecule has 0 heterocycles. The van der Waals surface area contributed by atoms with Crippen LogP contribution in [0.25, 0.3) is 0 Å². The minimum atomic E-state index is 0.614. The van der Waals surface area contributed by atoms with Crippen LogP contribution >= 0.6 is 11.8 Å². The first-order valence-electron chi connectivity index (χ1n) is 5.72. The molecule has 82 valence electrons. The fourth-order valence-corrected chi connectivity index (χ4v) is 2.69. The van der Waals surface area contributed by atoms with E-state index in [9.17, 15) is 0 Å². The highest BCUT2D eigenvalue weighted by atomic mass is 32.2. The SMILES string of the molecule is CSCCCNC1CCc2ccccc21. The lowest BCUT2D eigenvalue weighted by Crippen LogP contribution is -2.20. The lowest BCUT2D eigenvalue weighted by Gasteiger charge is -2.13. The Hall–Kier alpha value is -0.470. The summed E-state index contributed by atoms with van der Waals surface area (Å²) >= 11 is 1.93. The lowest BCUT2D eigenvalue weighted by atomic mass is 10.1. The smallest absolute Gasteiger partial charge is 0.0326 e. The molecule has 1 aromatic rings. The predicted octanol–water partition coefficient (Wildman–Crippen LogP) is 3.02. The maximum Gasteiger partial charge on any atom is 0.0326 e. The van der Waals surface area contributed by atoms with E-state index in [0.717, 1.165) is 6.54 Å². The van der Waals surface area contributed by atoms with Gasteiger partial charge in [0.15, 0.2) is 0 Å². The minimum Gasteiger partial charge on any atom is -0.310 e. The van der Waals surface area contributed by atoms with Crippen LogP contribution in [0.4, 0.5) is 0 Å². The van der Waals surface area contributed by atoms with Gasteiger partial charge < -0.3 is 5.32 Å². The summed E-state index contributed by atoms with van der Waals surface area (Å²) in [5, 5.41) is 3.66. The van der Waals surface area contributed by atoms with Gasteiger partial charge >= 0.3 is 0 Å². The molecule has 2 heteroatoms. The van der Waals surface area contributed by atoms with E-state index in [1.54, 1.807) is 5.56 Å². The van der Waals surface area contributed by atoms with Gasteiger partial charge in [-0.3, -0.25) is 0 Å². The topological polar surface area (TPSA) is 12.0 Å². The van der Waals surface area contributed by atoms with Crippen molar-refractivity contribution in [2.24, 2.45) is 0 Å².